The van der Waals surface area contributed by atoms with Gasteiger partial charge in [-0.3, -0.25) is 0 Å². The van der Waals surface area contributed by atoms with Gasteiger partial charge in [-0.1, -0.05) is 21.0 Å². The molecule has 0 amide bonds. The summed E-state index contributed by atoms with van der Waals surface area (Å²) in [6.45, 7) is 0.214. The Morgan fingerprint density at radius 2 is 2.33 bits per heavy atom. The van der Waals surface area contributed by atoms with Crippen LogP contribution in [0.15, 0.2) is 21.7 Å². The van der Waals surface area contributed by atoms with Crippen molar-refractivity contribution in [2.24, 2.45) is 5.11 Å². The summed E-state index contributed by atoms with van der Waals surface area (Å²) in [5, 5.41) is 3.35. The molecule has 1 rings (SSSR count). The highest BCUT2D eigenvalue weighted by molar-refractivity contribution is 9.10. The molecule has 0 unspecified atom stereocenters. The molecule has 0 N–H and O–H groups in total. The van der Waals surface area contributed by atoms with Crippen molar-refractivity contribution < 1.29 is 9.13 Å². The number of halogens is 2. The van der Waals surface area contributed by atoms with Gasteiger partial charge in [-0.15, -0.1) is 0 Å². The van der Waals surface area contributed by atoms with Crippen LogP contribution in [-0.2, 0) is 6.42 Å². The van der Waals surface area contributed by atoms with Crippen LogP contribution in [0, 0.1) is 5.82 Å². The van der Waals surface area contributed by atoms with Crippen molar-refractivity contribution >= 4 is 15.9 Å². The van der Waals surface area contributed by atoms with E-state index in [4.69, 9.17) is 10.3 Å². The Kier molecular flexibility index (Phi) is 4.39. The molecule has 0 radical (unpaired) electrons. The lowest BCUT2D eigenvalue weighted by molar-refractivity contribution is 0.404. The molecule has 0 aliphatic rings. The van der Waals surface area contributed by atoms with Crippen LogP contribution in [0.3, 0.4) is 0 Å². The van der Waals surface area contributed by atoms with Gasteiger partial charge in [0.15, 0.2) is 0 Å². The Balaban J connectivity index is 2.98. The first-order chi connectivity index (χ1) is 7.19. The first-order valence-corrected chi connectivity index (χ1v) is 5.01. The molecule has 80 valence electrons. The molecule has 1 aromatic rings. The fourth-order valence-electron chi connectivity index (χ4n) is 1.21. The van der Waals surface area contributed by atoms with E-state index in [1.165, 1.54) is 13.2 Å². The van der Waals surface area contributed by atoms with Crippen LogP contribution in [0.2, 0.25) is 0 Å². The van der Waals surface area contributed by atoms with Gasteiger partial charge in [0.05, 0.1) is 7.11 Å². The monoisotopic (exact) mass is 273 g/mol. The van der Waals surface area contributed by atoms with Crippen molar-refractivity contribution in [2.45, 2.75) is 6.42 Å². The second-order valence-corrected chi connectivity index (χ2v) is 3.69. The summed E-state index contributed by atoms with van der Waals surface area (Å²) in [4.78, 5) is 2.61. The molecule has 0 saturated heterocycles. The third-order valence-corrected chi connectivity index (χ3v) is 2.32. The molecular weight excluding hydrogens is 265 g/mol. The summed E-state index contributed by atoms with van der Waals surface area (Å²) >= 11 is 3.17. The summed E-state index contributed by atoms with van der Waals surface area (Å²) < 4.78 is 19.1. The summed E-state index contributed by atoms with van der Waals surface area (Å²) in [6.07, 6.45) is 0.326. The quantitative estimate of drug-likeness (QED) is 0.471. The zero-order valence-corrected chi connectivity index (χ0v) is 9.66. The van der Waals surface area contributed by atoms with Gasteiger partial charge in [0, 0.05) is 21.5 Å². The molecule has 6 heteroatoms. The smallest absolute Gasteiger partial charge is 0.131 e. The minimum Gasteiger partial charge on any atom is -0.496 e. The van der Waals surface area contributed by atoms with Crippen molar-refractivity contribution in [2.75, 3.05) is 13.7 Å². The van der Waals surface area contributed by atoms with Crippen LogP contribution >= 0.6 is 15.9 Å². The van der Waals surface area contributed by atoms with E-state index in [2.05, 4.69) is 26.0 Å². The highest BCUT2D eigenvalue weighted by Gasteiger charge is 2.10. The maximum Gasteiger partial charge on any atom is 0.131 e. The van der Waals surface area contributed by atoms with Crippen LogP contribution in [0.25, 0.3) is 10.4 Å². The molecule has 0 aromatic heterocycles. The van der Waals surface area contributed by atoms with Crippen LogP contribution in [0.4, 0.5) is 4.39 Å². The van der Waals surface area contributed by atoms with Gasteiger partial charge >= 0.3 is 0 Å². The van der Waals surface area contributed by atoms with Crippen molar-refractivity contribution in [1.82, 2.24) is 0 Å². The SMILES string of the molecule is COc1cc(Br)cc(F)c1CCN=[N+]=[N-]. The minimum absolute atomic E-state index is 0.214. The van der Waals surface area contributed by atoms with Crippen molar-refractivity contribution in [3.63, 3.8) is 0 Å². The fraction of sp³-hybridized carbons (Fsp3) is 0.333. The van der Waals surface area contributed by atoms with E-state index >= 15 is 0 Å². The van der Waals surface area contributed by atoms with E-state index in [0.29, 0.717) is 22.2 Å². The second-order valence-electron chi connectivity index (χ2n) is 2.77. The second kappa shape index (κ2) is 5.58. The molecule has 0 aliphatic carbocycles. The Bertz CT molecular complexity index is 405. The van der Waals surface area contributed by atoms with E-state index < -0.39 is 0 Å². The van der Waals surface area contributed by atoms with Crippen molar-refractivity contribution in [3.05, 3.63) is 38.4 Å². The van der Waals surface area contributed by atoms with Crippen LogP contribution < -0.4 is 4.74 Å². The molecule has 0 fully saturated rings. The molecule has 4 nitrogen and oxygen atoms in total. The van der Waals surface area contributed by atoms with E-state index in [0.717, 1.165) is 0 Å². The normalized spacial score (nSPS) is 9.53. The van der Waals surface area contributed by atoms with Gasteiger partial charge in [-0.2, -0.15) is 0 Å². The van der Waals surface area contributed by atoms with Gasteiger partial charge in [0.2, 0.25) is 0 Å². The molecule has 0 heterocycles. The number of nitrogens with zero attached hydrogens (tertiary/aromatic N) is 3. The van der Waals surface area contributed by atoms with Gasteiger partial charge in [-0.05, 0) is 24.1 Å². The average molecular weight is 274 g/mol. The maximum absolute atomic E-state index is 13.5. The molecule has 15 heavy (non-hydrogen) atoms. The zero-order valence-electron chi connectivity index (χ0n) is 8.07. The molecule has 1 aromatic carbocycles. The Morgan fingerprint density at radius 3 is 2.93 bits per heavy atom. The van der Waals surface area contributed by atoms with Crippen LogP contribution in [0.5, 0.6) is 5.75 Å². The van der Waals surface area contributed by atoms with E-state index in [-0.39, 0.29) is 12.4 Å². The topological polar surface area (TPSA) is 58.0 Å². The molecule has 0 aliphatic heterocycles. The lowest BCUT2D eigenvalue weighted by Crippen LogP contribution is -1.98. The van der Waals surface area contributed by atoms with Gasteiger partial charge in [0.25, 0.3) is 0 Å². The first-order valence-electron chi connectivity index (χ1n) is 4.21. The molecule has 0 saturated carbocycles. The highest BCUT2D eigenvalue weighted by atomic mass is 79.9. The Morgan fingerprint density at radius 1 is 1.60 bits per heavy atom. The molecular formula is C9H9BrFN3O. The van der Waals surface area contributed by atoms with Crippen LogP contribution in [-0.4, -0.2) is 13.7 Å². The number of hydrogen-bond acceptors (Lipinski definition) is 2. The largest absolute Gasteiger partial charge is 0.496 e. The summed E-state index contributed by atoms with van der Waals surface area (Å²) in [7, 11) is 1.47. The lowest BCUT2D eigenvalue weighted by atomic mass is 10.1. The highest BCUT2D eigenvalue weighted by Crippen LogP contribution is 2.27. The molecule has 0 atom stereocenters. The van der Waals surface area contributed by atoms with Gasteiger partial charge < -0.3 is 4.74 Å². The zero-order chi connectivity index (χ0) is 11.3. The van der Waals surface area contributed by atoms with E-state index in [9.17, 15) is 4.39 Å². The minimum atomic E-state index is -0.366. The predicted molar refractivity (Wildman–Crippen MR) is 58.4 cm³/mol. The third kappa shape index (κ3) is 3.11. The van der Waals surface area contributed by atoms with Crippen molar-refractivity contribution in [1.29, 1.82) is 0 Å². The third-order valence-electron chi connectivity index (χ3n) is 1.86. The summed E-state index contributed by atoms with van der Waals surface area (Å²) in [5.74, 6) is 0.0874. The maximum atomic E-state index is 13.5. The number of rotatable bonds is 4. The molecule has 0 spiro atoms. The van der Waals surface area contributed by atoms with Gasteiger partial charge in [-0.25, -0.2) is 4.39 Å². The average Bonchev–Trinajstić information content (AvgIpc) is 2.20. The number of methoxy groups -OCH3 is 1. The summed E-state index contributed by atoms with van der Waals surface area (Å²) in [6, 6.07) is 3.03. The first kappa shape index (κ1) is 11.8. The Labute approximate surface area is 94.8 Å². The standard InChI is InChI=1S/C9H9BrFN3O/c1-15-9-5-6(10)4-8(11)7(9)2-3-13-14-12/h4-5H,2-3H2,1H3. The van der Waals surface area contributed by atoms with E-state index in [1.54, 1.807) is 6.07 Å². The number of ether oxygens (including phenoxy) is 1. The predicted octanol–water partition coefficient (Wildman–Crippen LogP) is 3.45. The Hall–Kier alpha value is -1.26. The fourth-order valence-corrected chi connectivity index (χ4v) is 1.62. The molecule has 0 bridgehead atoms. The number of azide groups is 1. The van der Waals surface area contributed by atoms with E-state index in [1.807, 2.05) is 0 Å². The van der Waals surface area contributed by atoms with Crippen LogP contribution in [0.1, 0.15) is 5.56 Å². The summed E-state index contributed by atoms with van der Waals surface area (Å²) in [5.41, 5.74) is 8.53. The van der Waals surface area contributed by atoms with Gasteiger partial charge in [0.1, 0.15) is 11.6 Å². The number of hydrogen-bond donors (Lipinski definition) is 0. The number of benzene rings is 1. The lowest BCUT2D eigenvalue weighted by Gasteiger charge is -2.08. The van der Waals surface area contributed by atoms with Crippen molar-refractivity contribution in [3.8, 4) is 5.75 Å².